The minimum absolute atomic E-state index is 0.0352. The third-order valence-electron chi connectivity index (χ3n) is 3.00. The van der Waals surface area contributed by atoms with Crippen LogP contribution in [0.25, 0.3) is 0 Å². The molecule has 0 aliphatic heterocycles. The normalized spacial score (nSPS) is 10.5. The number of carbonyl (C=O) groups is 1. The van der Waals surface area contributed by atoms with E-state index in [0.29, 0.717) is 5.92 Å². The molecular formula is C14H21NO2. The molecule has 0 aliphatic carbocycles. The summed E-state index contributed by atoms with van der Waals surface area (Å²) in [4.78, 5) is 13.1. The largest absolute Gasteiger partial charge is 0.496 e. The van der Waals surface area contributed by atoms with Crippen LogP contribution in [0.2, 0.25) is 0 Å². The molecule has 0 atom stereocenters. The van der Waals surface area contributed by atoms with E-state index in [0.717, 1.165) is 22.6 Å². The zero-order valence-electron chi connectivity index (χ0n) is 11.5. The summed E-state index contributed by atoms with van der Waals surface area (Å²) >= 11 is 0. The van der Waals surface area contributed by atoms with Crippen molar-refractivity contribution in [2.75, 3.05) is 19.1 Å². The number of aryl methyl sites for hydroxylation is 1. The van der Waals surface area contributed by atoms with Gasteiger partial charge in [0.05, 0.1) is 7.11 Å². The lowest BCUT2D eigenvalue weighted by atomic mass is 9.98. The van der Waals surface area contributed by atoms with Gasteiger partial charge in [0.15, 0.2) is 0 Å². The van der Waals surface area contributed by atoms with E-state index in [1.165, 1.54) is 0 Å². The van der Waals surface area contributed by atoms with Gasteiger partial charge >= 0.3 is 0 Å². The summed E-state index contributed by atoms with van der Waals surface area (Å²) in [6.07, 6.45) is 0. The van der Waals surface area contributed by atoms with Crippen LogP contribution in [-0.4, -0.2) is 20.1 Å². The molecule has 0 bridgehead atoms. The van der Waals surface area contributed by atoms with Crippen LogP contribution in [0.15, 0.2) is 12.1 Å². The standard InChI is InChI=1S/C14H21NO2/c1-9(2)12-8-13(15(5)11(4)16)10(3)7-14(12)17-6/h7-9H,1-6H3. The molecule has 1 aromatic carbocycles. The molecule has 0 saturated heterocycles. The van der Waals surface area contributed by atoms with Crippen molar-refractivity contribution < 1.29 is 9.53 Å². The van der Waals surface area contributed by atoms with Crippen LogP contribution in [0.5, 0.6) is 5.75 Å². The van der Waals surface area contributed by atoms with Gasteiger partial charge in [-0.15, -0.1) is 0 Å². The predicted octanol–water partition coefficient (Wildman–Crippen LogP) is 3.11. The smallest absolute Gasteiger partial charge is 0.223 e. The number of carbonyl (C=O) groups excluding carboxylic acids is 1. The summed E-state index contributed by atoms with van der Waals surface area (Å²) in [6, 6.07) is 4.03. The zero-order chi connectivity index (χ0) is 13.2. The third-order valence-corrected chi connectivity index (χ3v) is 3.00. The lowest BCUT2D eigenvalue weighted by Gasteiger charge is -2.21. The first-order valence-corrected chi connectivity index (χ1v) is 5.81. The molecule has 1 rings (SSSR count). The average molecular weight is 235 g/mol. The summed E-state index contributed by atoms with van der Waals surface area (Å²) in [5.41, 5.74) is 3.12. The topological polar surface area (TPSA) is 29.5 Å². The maximum absolute atomic E-state index is 11.4. The third kappa shape index (κ3) is 2.78. The highest BCUT2D eigenvalue weighted by Gasteiger charge is 2.15. The van der Waals surface area contributed by atoms with Crippen LogP contribution in [0.3, 0.4) is 0 Å². The molecule has 1 aromatic rings. The van der Waals surface area contributed by atoms with Crippen LogP contribution in [0, 0.1) is 6.92 Å². The minimum Gasteiger partial charge on any atom is -0.496 e. The fraction of sp³-hybridized carbons (Fsp3) is 0.500. The number of nitrogens with zero attached hydrogens (tertiary/aromatic N) is 1. The second-order valence-electron chi connectivity index (χ2n) is 4.61. The summed E-state index contributed by atoms with van der Waals surface area (Å²) < 4.78 is 5.38. The van der Waals surface area contributed by atoms with Crippen LogP contribution < -0.4 is 9.64 Å². The highest BCUT2D eigenvalue weighted by Crippen LogP contribution is 2.33. The van der Waals surface area contributed by atoms with Crippen molar-refractivity contribution >= 4 is 11.6 Å². The summed E-state index contributed by atoms with van der Waals surface area (Å²) in [5, 5.41) is 0. The molecule has 0 saturated carbocycles. The molecule has 0 radical (unpaired) electrons. The quantitative estimate of drug-likeness (QED) is 0.805. The predicted molar refractivity (Wildman–Crippen MR) is 70.9 cm³/mol. The number of hydrogen-bond donors (Lipinski definition) is 0. The lowest BCUT2D eigenvalue weighted by Crippen LogP contribution is -2.24. The van der Waals surface area contributed by atoms with Gasteiger partial charge in [-0.3, -0.25) is 4.79 Å². The van der Waals surface area contributed by atoms with Crippen LogP contribution in [0.4, 0.5) is 5.69 Å². The van der Waals surface area contributed by atoms with E-state index >= 15 is 0 Å². The Labute approximate surface area is 103 Å². The number of benzene rings is 1. The molecule has 3 nitrogen and oxygen atoms in total. The Morgan fingerprint density at radius 3 is 2.35 bits per heavy atom. The Balaban J connectivity index is 3.34. The Kier molecular flexibility index (Phi) is 4.16. The molecular weight excluding hydrogens is 214 g/mol. The maximum atomic E-state index is 11.4. The van der Waals surface area contributed by atoms with Crippen molar-refractivity contribution in [1.29, 1.82) is 0 Å². The molecule has 0 fully saturated rings. The molecule has 1 amide bonds. The van der Waals surface area contributed by atoms with Gasteiger partial charge < -0.3 is 9.64 Å². The number of anilines is 1. The van der Waals surface area contributed by atoms with Crippen LogP contribution in [-0.2, 0) is 4.79 Å². The molecule has 0 N–H and O–H groups in total. The number of amides is 1. The zero-order valence-corrected chi connectivity index (χ0v) is 11.5. The molecule has 0 aliphatic rings. The van der Waals surface area contributed by atoms with Gasteiger partial charge in [0.1, 0.15) is 5.75 Å². The van der Waals surface area contributed by atoms with E-state index in [1.54, 1.807) is 26.0 Å². The Morgan fingerprint density at radius 2 is 1.94 bits per heavy atom. The van der Waals surface area contributed by atoms with E-state index in [4.69, 9.17) is 4.74 Å². The van der Waals surface area contributed by atoms with Crippen molar-refractivity contribution in [1.82, 2.24) is 0 Å². The van der Waals surface area contributed by atoms with Gasteiger partial charge in [0.2, 0.25) is 5.91 Å². The molecule has 0 aromatic heterocycles. The van der Waals surface area contributed by atoms with Gasteiger partial charge in [-0.05, 0) is 36.1 Å². The second kappa shape index (κ2) is 5.21. The number of rotatable bonds is 3. The SMILES string of the molecule is COc1cc(C)c(N(C)C(C)=O)cc1C(C)C. The first-order valence-electron chi connectivity index (χ1n) is 5.81. The molecule has 3 heteroatoms. The van der Waals surface area contributed by atoms with Crippen molar-refractivity contribution in [2.45, 2.75) is 33.6 Å². The van der Waals surface area contributed by atoms with Gasteiger partial charge in [-0.1, -0.05) is 13.8 Å². The van der Waals surface area contributed by atoms with E-state index < -0.39 is 0 Å². The number of ether oxygens (including phenoxy) is 1. The fourth-order valence-corrected chi connectivity index (χ4v) is 1.85. The average Bonchev–Trinajstić information content (AvgIpc) is 2.27. The molecule has 17 heavy (non-hydrogen) atoms. The lowest BCUT2D eigenvalue weighted by molar-refractivity contribution is -0.116. The highest BCUT2D eigenvalue weighted by atomic mass is 16.5. The van der Waals surface area contributed by atoms with Crippen molar-refractivity contribution in [3.63, 3.8) is 0 Å². The molecule has 0 heterocycles. The Bertz CT molecular complexity index is 424. The van der Waals surface area contributed by atoms with Gasteiger partial charge in [0.25, 0.3) is 0 Å². The number of methoxy groups -OCH3 is 1. The fourth-order valence-electron chi connectivity index (χ4n) is 1.85. The van der Waals surface area contributed by atoms with Gasteiger partial charge in [-0.25, -0.2) is 0 Å². The summed E-state index contributed by atoms with van der Waals surface area (Å²) in [5.74, 6) is 1.29. The highest BCUT2D eigenvalue weighted by molar-refractivity contribution is 5.92. The minimum atomic E-state index is 0.0352. The number of hydrogen-bond acceptors (Lipinski definition) is 2. The molecule has 94 valence electrons. The maximum Gasteiger partial charge on any atom is 0.223 e. The van der Waals surface area contributed by atoms with Crippen molar-refractivity contribution in [3.8, 4) is 5.75 Å². The van der Waals surface area contributed by atoms with Crippen LogP contribution in [0.1, 0.15) is 37.8 Å². The summed E-state index contributed by atoms with van der Waals surface area (Å²) in [6.45, 7) is 7.79. The molecule has 0 spiro atoms. The Hall–Kier alpha value is -1.51. The van der Waals surface area contributed by atoms with E-state index in [2.05, 4.69) is 13.8 Å². The van der Waals surface area contributed by atoms with E-state index in [1.807, 2.05) is 19.1 Å². The van der Waals surface area contributed by atoms with Crippen molar-refractivity contribution in [3.05, 3.63) is 23.3 Å². The van der Waals surface area contributed by atoms with Gasteiger partial charge in [-0.2, -0.15) is 0 Å². The summed E-state index contributed by atoms with van der Waals surface area (Å²) in [7, 11) is 3.47. The van der Waals surface area contributed by atoms with E-state index in [-0.39, 0.29) is 5.91 Å². The Morgan fingerprint density at radius 1 is 1.35 bits per heavy atom. The first kappa shape index (κ1) is 13.6. The van der Waals surface area contributed by atoms with Crippen molar-refractivity contribution in [2.24, 2.45) is 0 Å². The van der Waals surface area contributed by atoms with Crippen LogP contribution >= 0.6 is 0 Å². The van der Waals surface area contributed by atoms with Gasteiger partial charge in [0, 0.05) is 19.7 Å². The monoisotopic (exact) mass is 235 g/mol. The van der Waals surface area contributed by atoms with E-state index in [9.17, 15) is 4.79 Å². The molecule has 0 unspecified atom stereocenters. The second-order valence-corrected chi connectivity index (χ2v) is 4.61. The first-order chi connectivity index (χ1) is 7.88.